The first-order valence-electron chi connectivity index (χ1n) is 6.15. The number of carboxylic acids is 1. The summed E-state index contributed by atoms with van der Waals surface area (Å²) in [5.74, 6) is -1.00. The lowest BCUT2D eigenvalue weighted by Gasteiger charge is -2.33. The molecule has 0 radical (unpaired) electrons. The minimum absolute atomic E-state index is 0.0223. The lowest BCUT2D eigenvalue weighted by Crippen LogP contribution is -2.42. The van der Waals surface area contributed by atoms with Crippen molar-refractivity contribution in [2.45, 2.75) is 53.1 Å². The second-order valence-corrected chi connectivity index (χ2v) is 6.55. The standard InChI is InChI=1S/C14H23NO3/c1-13(2,3)9-14(4,5)15-8-10-6-7-18-11(10)12(16)17/h6-7,15H,8-9H2,1-5H3,(H,16,17). The maximum absolute atomic E-state index is 10.9. The fourth-order valence-corrected chi connectivity index (χ4v) is 2.39. The van der Waals surface area contributed by atoms with Crippen LogP contribution >= 0.6 is 0 Å². The molecule has 0 atom stereocenters. The van der Waals surface area contributed by atoms with Gasteiger partial charge >= 0.3 is 5.97 Å². The van der Waals surface area contributed by atoms with E-state index in [0.29, 0.717) is 12.1 Å². The number of rotatable bonds is 5. The Morgan fingerprint density at radius 2 is 1.94 bits per heavy atom. The minimum Gasteiger partial charge on any atom is -0.475 e. The van der Waals surface area contributed by atoms with E-state index in [-0.39, 0.29) is 16.7 Å². The summed E-state index contributed by atoms with van der Waals surface area (Å²) in [4.78, 5) is 10.9. The highest BCUT2D eigenvalue weighted by atomic mass is 16.4. The molecule has 4 nitrogen and oxygen atoms in total. The van der Waals surface area contributed by atoms with Crippen molar-refractivity contribution >= 4 is 5.97 Å². The molecule has 0 aliphatic rings. The number of hydrogen-bond donors (Lipinski definition) is 2. The van der Waals surface area contributed by atoms with Gasteiger partial charge in [-0.3, -0.25) is 0 Å². The average Bonchev–Trinajstić information content (AvgIpc) is 2.58. The quantitative estimate of drug-likeness (QED) is 0.845. The largest absolute Gasteiger partial charge is 0.475 e. The van der Waals surface area contributed by atoms with Gasteiger partial charge in [0.1, 0.15) is 0 Å². The van der Waals surface area contributed by atoms with Gasteiger partial charge in [0.05, 0.1) is 6.26 Å². The van der Waals surface area contributed by atoms with Crippen molar-refractivity contribution in [1.29, 1.82) is 0 Å². The molecule has 1 heterocycles. The Hall–Kier alpha value is -1.29. The highest BCUT2D eigenvalue weighted by Gasteiger charge is 2.25. The van der Waals surface area contributed by atoms with E-state index in [1.54, 1.807) is 6.07 Å². The molecular weight excluding hydrogens is 230 g/mol. The summed E-state index contributed by atoms with van der Waals surface area (Å²) < 4.78 is 4.95. The van der Waals surface area contributed by atoms with Crippen LogP contribution < -0.4 is 5.32 Å². The first kappa shape index (κ1) is 14.8. The highest BCUT2D eigenvalue weighted by Crippen LogP contribution is 2.27. The van der Waals surface area contributed by atoms with Gasteiger partial charge in [0.15, 0.2) is 0 Å². The molecule has 0 unspecified atom stereocenters. The molecule has 0 aliphatic heterocycles. The van der Waals surface area contributed by atoms with E-state index in [0.717, 1.165) is 6.42 Å². The molecule has 0 saturated heterocycles. The molecule has 1 rings (SSSR count). The molecule has 0 amide bonds. The molecule has 0 bridgehead atoms. The Kier molecular flexibility index (Phi) is 4.22. The van der Waals surface area contributed by atoms with Crippen LogP contribution in [0.5, 0.6) is 0 Å². The number of aromatic carboxylic acids is 1. The van der Waals surface area contributed by atoms with Gasteiger partial charge in [0.25, 0.3) is 0 Å². The van der Waals surface area contributed by atoms with Crippen LogP contribution in [0.3, 0.4) is 0 Å². The predicted octanol–water partition coefficient (Wildman–Crippen LogP) is 3.28. The van der Waals surface area contributed by atoms with Crippen LogP contribution in [0.2, 0.25) is 0 Å². The monoisotopic (exact) mass is 253 g/mol. The van der Waals surface area contributed by atoms with Crippen LogP contribution in [0.15, 0.2) is 16.7 Å². The summed E-state index contributed by atoms with van der Waals surface area (Å²) in [5, 5.41) is 12.3. The Balaban J connectivity index is 2.64. The molecule has 4 heteroatoms. The van der Waals surface area contributed by atoms with Crippen LogP contribution in [-0.4, -0.2) is 16.6 Å². The van der Waals surface area contributed by atoms with E-state index in [2.05, 4.69) is 39.9 Å². The minimum atomic E-state index is -1.02. The Morgan fingerprint density at radius 1 is 1.33 bits per heavy atom. The summed E-state index contributed by atoms with van der Waals surface area (Å²) in [6, 6.07) is 1.70. The van der Waals surface area contributed by atoms with Gasteiger partial charge in [-0.2, -0.15) is 0 Å². The molecule has 18 heavy (non-hydrogen) atoms. The molecule has 1 aromatic rings. The molecule has 1 aromatic heterocycles. The van der Waals surface area contributed by atoms with Gasteiger partial charge in [-0.15, -0.1) is 0 Å². The van der Waals surface area contributed by atoms with Crippen LogP contribution in [0.1, 0.15) is 57.2 Å². The Labute approximate surface area is 108 Å². The molecule has 0 fully saturated rings. The zero-order valence-electron chi connectivity index (χ0n) is 11.8. The second-order valence-electron chi connectivity index (χ2n) is 6.55. The van der Waals surface area contributed by atoms with Crippen molar-refractivity contribution < 1.29 is 14.3 Å². The third-order valence-electron chi connectivity index (χ3n) is 2.67. The summed E-state index contributed by atoms with van der Waals surface area (Å²) in [6.07, 6.45) is 2.41. The molecule has 2 N–H and O–H groups in total. The normalized spacial score (nSPS) is 12.7. The van der Waals surface area contributed by atoms with E-state index >= 15 is 0 Å². The van der Waals surface area contributed by atoms with Gasteiger partial charge < -0.3 is 14.8 Å². The topological polar surface area (TPSA) is 62.5 Å². The first-order chi connectivity index (χ1) is 8.11. The lowest BCUT2D eigenvalue weighted by atomic mass is 9.82. The van der Waals surface area contributed by atoms with Crippen molar-refractivity contribution in [2.24, 2.45) is 5.41 Å². The van der Waals surface area contributed by atoms with Gasteiger partial charge in [0, 0.05) is 17.6 Å². The second kappa shape index (κ2) is 5.14. The lowest BCUT2D eigenvalue weighted by molar-refractivity contribution is 0.0660. The van der Waals surface area contributed by atoms with Crippen molar-refractivity contribution in [3.63, 3.8) is 0 Å². The molecular formula is C14H23NO3. The number of nitrogens with one attached hydrogen (secondary N) is 1. The predicted molar refractivity (Wildman–Crippen MR) is 70.7 cm³/mol. The number of hydrogen-bond acceptors (Lipinski definition) is 3. The van der Waals surface area contributed by atoms with E-state index in [1.165, 1.54) is 6.26 Å². The molecule has 0 spiro atoms. The number of furan rings is 1. The zero-order valence-corrected chi connectivity index (χ0v) is 11.8. The summed E-state index contributed by atoms with van der Waals surface area (Å²) in [7, 11) is 0. The fraction of sp³-hybridized carbons (Fsp3) is 0.643. The number of carbonyl (C=O) groups is 1. The van der Waals surface area contributed by atoms with Crippen LogP contribution in [-0.2, 0) is 6.54 Å². The van der Waals surface area contributed by atoms with Crippen molar-refractivity contribution in [3.05, 3.63) is 23.7 Å². The van der Waals surface area contributed by atoms with E-state index in [9.17, 15) is 4.79 Å². The third kappa shape index (κ3) is 4.53. The van der Waals surface area contributed by atoms with Gasteiger partial charge in [-0.05, 0) is 31.7 Å². The summed E-state index contributed by atoms with van der Waals surface area (Å²) >= 11 is 0. The number of carboxylic acid groups (broad SMARTS) is 1. The third-order valence-corrected chi connectivity index (χ3v) is 2.67. The first-order valence-corrected chi connectivity index (χ1v) is 6.15. The summed E-state index contributed by atoms with van der Waals surface area (Å²) in [6.45, 7) is 11.3. The van der Waals surface area contributed by atoms with Crippen molar-refractivity contribution in [2.75, 3.05) is 0 Å². The molecule has 0 aromatic carbocycles. The Bertz CT molecular complexity index is 413. The smallest absolute Gasteiger partial charge is 0.372 e. The van der Waals surface area contributed by atoms with Crippen LogP contribution in [0.25, 0.3) is 0 Å². The molecule has 0 saturated carbocycles. The molecule has 0 aliphatic carbocycles. The van der Waals surface area contributed by atoms with E-state index < -0.39 is 5.97 Å². The highest BCUT2D eigenvalue weighted by molar-refractivity contribution is 5.86. The summed E-state index contributed by atoms with van der Waals surface area (Å²) in [5.41, 5.74) is 0.859. The van der Waals surface area contributed by atoms with Crippen LogP contribution in [0.4, 0.5) is 0 Å². The van der Waals surface area contributed by atoms with Crippen molar-refractivity contribution in [1.82, 2.24) is 5.32 Å². The van der Waals surface area contributed by atoms with Gasteiger partial charge in [-0.25, -0.2) is 4.79 Å². The van der Waals surface area contributed by atoms with E-state index in [4.69, 9.17) is 9.52 Å². The SMILES string of the molecule is CC(C)(C)CC(C)(C)NCc1ccoc1C(=O)O. The van der Waals surface area contributed by atoms with Crippen LogP contribution in [0, 0.1) is 5.41 Å². The Morgan fingerprint density at radius 3 is 2.44 bits per heavy atom. The zero-order chi connectivity index (χ0) is 14.0. The maximum atomic E-state index is 10.9. The van der Waals surface area contributed by atoms with Gasteiger partial charge in [0.2, 0.25) is 5.76 Å². The van der Waals surface area contributed by atoms with Gasteiger partial charge in [-0.1, -0.05) is 20.8 Å². The fourth-order valence-electron chi connectivity index (χ4n) is 2.39. The van der Waals surface area contributed by atoms with E-state index in [1.807, 2.05) is 0 Å². The average molecular weight is 253 g/mol. The van der Waals surface area contributed by atoms with Crippen molar-refractivity contribution in [3.8, 4) is 0 Å². The molecule has 102 valence electrons. The maximum Gasteiger partial charge on any atom is 0.372 e.